The highest BCUT2D eigenvalue weighted by Crippen LogP contribution is 2.22. The van der Waals surface area contributed by atoms with Crippen molar-refractivity contribution in [2.24, 2.45) is 0 Å². The molecule has 0 unspecified atom stereocenters. The molecule has 9 heteroatoms. The summed E-state index contributed by atoms with van der Waals surface area (Å²) in [5, 5.41) is 20.1. The normalized spacial score (nSPS) is 14.9. The van der Waals surface area contributed by atoms with Crippen molar-refractivity contribution in [1.29, 1.82) is 0 Å². The monoisotopic (exact) mass is 434 g/mol. The number of nitrogens with one attached hydrogen (secondary N) is 2. The van der Waals surface area contributed by atoms with E-state index < -0.39 is 10.8 Å². The zero-order valence-corrected chi connectivity index (χ0v) is 18.0. The number of H-pyrrole nitrogens is 1. The van der Waals surface area contributed by atoms with Crippen LogP contribution in [0.25, 0.3) is 0 Å². The van der Waals surface area contributed by atoms with Crippen LogP contribution in [0.5, 0.6) is 0 Å². The van der Waals surface area contributed by atoms with Crippen LogP contribution in [0, 0.1) is 17.0 Å². The number of aromatic nitrogens is 2. The molecule has 2 heterocycles. The van der Waals surface area contributed by atoms with Crippen LogP contribution >= 0.6 is 0 Å². The van der Waals surface area contributed by atoms with E-state index in [1.54, 1.807) is 0 Å². The summed E-state index contributed by atoms with van der Waals surface area (Å²) in [7, 11) is 0. The lowest BCUT2D eigenvalue weighted by atomic mass is 10.1. The van der Waals surface area contributed by atoms with Gasteiger partial charge >= 0.3 is 5.69 Å². The molecule has 1 amide bonds. The van der Waals surface area contributed by atoms with Gasteiger partial charge in [0.2, 0.25) is 5.69 Å². The average Bonchev–Trinajstić information content (AvgIpc) is 3.19. The van der Waals surface area contributed by atoms with Crippen LogP contribution in [0.4, 0.5) is 11.4 Å². The van der Waals surface area contributed by atoms with Crippen molar-refractivity contribution < 1.29 is 9.72 Å². The first-order valence-corrected chi connectivity index (χ1v) is 10.6. The van der Waals surface area contributed by atoms with Gasteiger partial charge in [0.15, 0.2) is 0 Å². The fraction of sp³-hybridized carbons (Fsp3) is 0.304. The van der Waals surface area contributed by atoms with Gasteiger partial charge in [-0.05, 0) is 30.2 Å². The molecule has 0 spiro atoms. The number of rotatable bonds is 7. The van der Waals surface area contributed by atoms with Gasteiger partial charge in [-0.2, -0.15) is 5.10 Å². The summed E-state index contributed by atoms with van der Waals surface area (Å²) in [6.45, 7) is 7.42. The minimum Gasteiger partial charge on any atom is -0.320 e. The predicted molar refractivity (Wildman–Crippen MR) is 121 cm³/mol. The predicted octanol–water partition coefficient (Wildman–Crippen LogP) is 3.20. The maximum Gasteiger partial charge on any atom is 0.322 e. The Hall–Kier alpha value is -3.56. The van der Waals surface area contributed by atoms with E-state index in [0.29, 0.717) is 5.69 Å². The number of aromatic amines is 1. The fourth-order valence-electron chi connectivity index (χ4n) is 3.89. The van der Waals surface area contributed by atoms with E-state index in [1.807, 2.05) is 30.3 Å². The SMILES string of the molecule is Cc1[nH]nc(C(=O)Nc2ccc(CN3CCN(Cc4ccccc4)CC3)cc2)c1[N+](=O)[O-]. The Balaban J connectivity index is 1.28. The first-order valence-electron chi connectivity index (χ1n) is 10.6. The molecule has 4 rings (SSSR count). The molecular weight excluding hydrogens is 408 g/mol. The molecule has 0 saturated carbocycles. The van der Waals surface area contributed by atoms with E-state index >= 15 is 0 Å². The van der Waals surface area contributed by atoms with Gasteiger partial charge in [0.25, 0.3) is 5.91 Å². The van der Waals surface area contributed by atoms with E-state index in [9.17, 15) is 14.9 Å². The number of anilines is 1. The fourth-order valence-corrected chi connectivity index (χ4v) is 3.89. The molecule has 0 bridgehead atoms. The number of benzene rings is 2. The lowest BCUT2D eigenvalue weighted by Crippen LogP contribution is -2.45. The standard InChI is InChI=1S/C23H26N6O3/c1-17-22(29(31)32)21(26-25-17)23(30)24-20-9-7-19(8-10-20)16-28-13-11-27(12-14-28)15-18-5-3-2-4-6-18/h2-10H,11-16H2,1H3,(H,24,30)(H,25,26). The highest BCUT2D eigenvalue weighted by molar-refractivity contribution is 6.05. The zero-order valence-electron chi connectivity index (χ0n) is 18.0. The van der Waals surface area contributed by atoms with Crippen LogP contribution in [0.15, 0.2) is 54.6 Å². The summed E-state index contributed by atoms with van der Waals surface area (Å²) in [6.07, 6.45) is 0. The van der Waals surface area contributed by atoms with Crippen LogP contribution < -0.4 is 5.32 Å². The Morgan fingerprint density at radius 3 is 2.12 bits per heavy atom. The average molecular weight is 435 g/mol. The second-order valence-electron chi connectivity index (χ2n) is 7.99. The van der Waals surface area contributed by atoms with E-state index in [2.05, 4.69) is 49.6 Å². The van der Waals surface area contributed by atoms with Gasteiger partial charge in [0.1, 0.15) is 5.69 Å². The van der Waals surface area contributed by atoms with Gasteiger partial charge in [0.05, 0.1) is 4.92 Å². The smallest absolute Gasteiger partial charge is 0.320 e. The molecule has 166 valence electrons. The second kappa shape index (κ2) is 9.71. The molecule has 0 aliphatic carbocycles. The molecule has 0 radical (unpaired) electrons. The number of carbonyl (C=O) groups excluding carboxylic acids is 1. The number of nitro groups is 1. The Kier molecular flexibility index (Phi) is 6.58. The molecular formula is C23H26N6O3. The molecule has 32 heavy (non-hydrogen) atoms. The van der Waals surface area contributed by atoms with Gasteiger partial charge in [0, 0.05) is 45.0 Å². The molecule has 2 N–H and O–H groups in total. The molecule has 1 aromatic heterocycles. The molecule has 9 nitrogen and oxygen atoms in total. The lowest BCUT2D eigenvalue weighted by Gasteiger charge is -2.34. The van der Waals surface area contributed by atoms with Crippen LogP contribution in [-0.4, -0.2) is 57.0 Å². The number of piperazine rings is 1. The topological polar surface area (TPSA) is 107 Å². The summed E-state index contributed by atoms with van der Waals surface area (Å²) in [4.78, 5) is 27.9. The number of hydrogen-bond donors (Lipinski definition) is 2. The quantitative estimate of drug-likeness (QED) is 0.437. The van der Waals surface area contributed by atoms with Gasteiger partial charge in [-0.15, -0.1) is 0 Å². The van der Waals surface area contributed by atoms with E-state index in [0.717, 1.165) is 44.8 Å². The van der Waals surface area contributed by atoms with Crippen LogP contribution in [0.1, 0.15) is 27.3 Å². The molecule has 1 aliphatic heterocycles. The Morgan fingerprint density at radius 2 is 1.56 bits per heavy atom. The number of nitrogens with zero attached hydrogens (tertiary/aromatic N) is 4. The lowest BCUT2D eigenvalue weighted by molar-refractivity contribution is -0.385. The van der Waals surface area contributed by atoms with E-state index in [1.165, 1.54) is 12.5 Å². The van der Waals surface area contributed by atoms with Crippen LogP contribution in [0.3, 0.4) is 0 Å². The van der Waals surface area contributed by atoms with Crippen molar-refractivity contribution >= 4 is 17.3 Å². The van der Waals surface area contributed by atoms with Crippen molar-refractivity contribution in [1.82, 2.24) is 20.0 Å². The van der Waals surface area contributed by atoms with Crippen LogP contribution in [-0.2, 0) is 13.1 Å². The van der Waals surface area contributed by atoms with E-state index in [4.69, 9.17) is 0 Å². The molecule has 3 aromatic rings. The number of amides is 1. The molecule has 1 saturated heterocycles. The van der Waals surface area contributed by atoms with E-state index in [-0.39, 0.29) is 17.1 Å². The first-order chi connectivity index (χ1) is 15.5. The zero-order chi connectivity index (χ0) is 22.5. The van der Waals surface area contributed by atoms with Gasteiger partial charge in [-0.1, -0.05) is 42.5 Å². The van der Waals surface area contributed by atoms with Gasteiger partial charge < -0.3 is 5.32 Å². The maximum absolute atomic E-state index is 12.4. The number of aryl methyl sites for hydroxylation is 1. The van der Waals surface area contributed by atoms with Crippen molar-refractivity contribution in [3.05, 3.63) is 87.2 Å². The van der Waals surface area contributed by atoms with Gasteiger partial charge in [-0.25, -0.2) is 0 Å². The summed E-state index contributed by atoms with van der Waals surface area (Å²) in [5.41, 5.74) is 2.80. The Morgan fingerprint density at radius 1 is 1.00 bits per heavy atom. The second-order valence-corrected chi connectivity index (χ2v) is 7.99. The number of hydrogen-bond acceptors (Lipinski definition) is 6. The third-order valence-electron chi connectivity index (χ3n) is 5.64. The van der Waals surface area contributed by atoms with Crippen molar-refractivity contribution in [3.63, 3.8) is 0 Å². The van der Waals surface area contributed by atoms with Crippen LogP contribution in [0.2, 0.25) is 0 Å². The molecule has 1 aliphatic rings. The summed E-state index contributed by atoms with van der Waals surface area (Å²) in [5.74, 6) is -0.608. The third-order valence-corrected chi connectivity index (χ3v) is 5.64. The third kappa shape index (κ3) is 5.19. The summed E-state index contributed by atoms with van der Waals surface area (Å²) in [6, 6.07) is 18.1. The highest BCUT2D eigenvalue weighted by Gasteiger charge is 2.27. The summed E-state index contributed by atoms with van der Waals surface area (Å²) < 4.78 is 0. The minimum atomic E-state index is -0.608. The Bertz CT molecular complexity index is 1070. The number of carbonyl (C=O) groups is 1. The van der Waals surface area contributed by atoms with Gasteiger partial charge in [-0.3, -0.25) is 29.8 Å². The molecule has 1 fully saturated rings. The van der Waals surface area contributed by atoms with Crippen molar-refractivity contribution in [2.45, 2.75) is 20.0 Å². The minimum absolute atomic E-state index is 0.218. The first kappa shape index (κ1) is 21.7. The largest absolute Gasteiger partial charge is 0.322 e. The Labute approximate surface area is 186 Å². The van der Waals surface area contributed by atoms with Crippen molar-refractivity contribution in [3.8, 4) is 0 Å². The summed E-state index contributed by atoms with van der Waals surface area (Å²) >= 11 is 0. The maximum atomic E-state index is 12.4. The molecule has 0 atom stereocenters. The van der Waals surface area contributed by atoms with Crippen molar-refractivity contribution in [2.75, 3.05) is 31.5 Å². The molecule has 2 aromatic carbocycles. The highest BCUT2D eigenvalue weighted by atomic mass is 16.6.